The molecule has 0 radical (unpaired) electrons. The maximum atomic E-state index is 5.61. The van der Waals surface area contributed by atoms with Gasteiger partial charge in [0.1, 0.15) is 0 Å². The normalized spacial score (nSPS) is 27.4. The minimum atomic E-state index is 0.0953. The third-order valence-corrected chi connectivity index (χ3v) is 6.01. The molecule has 1 atom stereocenters. The van der Waals surface area contributed by atoms with Gasteiger partial charge in [-0.25, -0.2) is 0 Å². The Labute approximate surface area is 125 Å². The van der Waals surface area contributed by atoms with E-state index in [-0.39, 0.29) is 5.41 Å². The standard InChI is InChI=1S/C15H25N3OS/c1-2-7-15(8-9-16-11-15)14-17-13(18-19-14)10-20-12-5-3-4-6-12/h12,16H,2-11H2,1H3. The van der Waals surface area contributed by atoms with Crippen LogP contribution in [0.2, 0.25) is 0 Å². The Morgan fingerprint density at radius 2 is 2.25 bits per heavy atom. The Kier molecular flexibility index (Phi) is 4.66. The summed E-state index contributed by atoms with van der Waals surface area (Å²) in [6.45, 7) is 4.28. The van der Waals surface area contributed by atoms with Crippen molar-refractivity contribution in [1.82, 2.24) is 15.5 Å². The van der Waals surface area contributed by atoms with Crippen LogP contribution in [0.3, 0.4) is 0 Å². The maximum absolute atomic E-state index is 5.61. The number of aromatic nitrogens is 2. The molecule has 20 heavy (non-hydrogen) atoms. The summed E-state index contributed by atoms with van der Waals surface area (Å²) in [4.78, 5) is 4.71. The fourth-order valence-electron chi connectivity index (χ4n) is 3.50. The second-order valence-electron chi connectivity index (χ2n) is 6.19. The third-order valence-electron chi connectivity index (χ3n) is 4.64. The lowest BCUT2D eigenvalue weighted by Crippen LogP contribution is -2.29. The number of nitrogens with one attached hydrogen (secondary N) is 1. The first-order chi connectivity index (χ1) is 9.82. The zero-order valence-electron chi connectivity index (χ0n) is 12.4. The van der Waals surface area contributed by atoms with Crippen molar-refractivity contribution < 1.29 is 4.52 Å². The Morgan fingerprint density at radius 1 is 1.40 bits per heavy atom. The van der Waals surface area contributed by atoms with Gasteiger partial charge in [-0.15, -0.1) is 0 Å². The molecule has 1 saturated carbocycles. The highest BCUT2D eigenvalue weighted by molar-refractivity contribution is 7.99. The summed E-state index contributed by atoms with van der Waals surface area (Å²) < 4.78 is 5.61. The second kappa shape index (κ2) is 6.48. The van der Waals surface area contributed by atoms with E-state index in [2.05, 4.69) is 17.4 Å². The SMILES string of the molecule is CCCC1(c2nc(CSC3CCCC3)no2)CCNC1. The summed E-state index contributed by atoms with van der Waals surface area (Å²) in [5.41, 5.74) is 0.0953. The molecule has 2 heterocycles. The van der Waals surface area contributed by atoms with Crippen molar-refractivity contribution in [1.29, 1.82) is 0 Å². The summed E-state index contributed by atoms with van der Waals surface area (Å²) in [5, 5.41) is 8.48. The molecule has 0 bridgehead atoms. The molecule has 1 saturated heterocycles. The van der Waals surface area contributed by atoms with Crippen LogP contribution in [-0.2, 0) is 11.2 Å². The van der Waals surface area contributed by atoms with Gasteiger partial charge in [-0.1, -0.05) is 31.3 Å². The highest BCUT2D eigenvalue weighted by Crippen LogP contribution is 2.35. The number of hydrogen-bond acceptors (Lipinski definition) is 5. The maximum Gasteiger partial charge on any atom is 0.234 e. The Morgan fingerprint density at radius 3 is 2.95 bits per heavy atom. The topological polar surface area (TPSA) is 51.0 Å². The predicted octanol–water partition coefficient (Wildman–Crippen LogP) is 3.28. The van der Waals surface area contributed by atoms with Gasteiger partial charge >= 0.3 is 0 Å². The van der Waals surface area contributed by atoms with Gasteiger partial charge in [-0.05, 0) is 32.2 Å². The van der Waals surface area contributed by atoms with E-state index in [4.69, 9.17) is 9.51 Å². The molecule has 1 N–H and O–H groups in total. The van der Waals surface area contributed by atoms with Crippen LogP contribution in [0.25, 0.3) is 0 Å². The Hall–Kier alpha value is -0.550. The molecule has 0 aromatic carbocycles. The highest BCUT2D eigenvalue weighted by atomic mass is 32.2. The van der Waals surface area contributed by atoms with Crippen molar-refractivity contribution in [3.63, 3.8) is 0 Å². The molecular formula is C15H25N3OS. The smallest absolute Gasteiger partial charge is 0.234 e. The van der Waals surface area contributed by atoms with Crippen LogP contribution in [0.4, 0.5) is 0 Å². The van der Waals surface area contributed by atoms with E-state index >= 15 is 0 Å². The molecule has 1 unspecified atom stereocenters. The first-order valence-corrected chi connectivity index (χ1v) is 9.03. The van der Waals surface area contributed by atoms with Crippen molar-refractivity contribution in [2.24, 2.45) is 0 Å². The van der Waals surface area contributed by atoms with Crippen molar-refractivity contribution >= 4 is 11.8 Å². The minimum absolute atomic E-state index is 0.0953. The van der Waals surface area contributed by atoms with Crippen LogP contribution in [0.5, 0.6) is 0 Å². The van der Waals surface area contributed by atoms with E-state index in [1.54, 1.807) is 0 Å². The molecule has 3 rings (SSSR count). The van der Waals surface area contributed by atoms with Crippen molar-refractivity contribution in [2.45, 2.75) is 68.3 Å². The highest BCUT2D eigenvalue weighted by Gasteiger charge is 2.40. The van der Waals surface area contributed by atoms with Gasteiger partial charge in [-0.3, -0.25) is 0 Å². The van der Waals surface area contributed by atoms with Crippen LogP contribution in [0.1, 0.15) is 63.6 Å². The minimum Gasteiger partial charge on any atom is -0.339 e. The molecule has 0 amide bonds. The predicted molar refractivity (Wildman–Crippen MR) is 81.9 cm³/mol. The fraction of sp³-hybridized carbons (Fsp3) is 0.867. The third kappa shape index (κ3) is 3.03. The lowest BCUT2D eigenvalue weighted by atomic mass is 9.82. The van der Waals surface area contributed by atoms with Crippen molar-refractivity contribution in [3.05, 3.63) is 11.7 Å². The molecule has 1 aliphatic heterocycles. The Bertz CT molecular complexity index is 423. The molecule has 112 valence electrons. The molecule has 0 spiro atoms. The zero-order valence-corrected chi connectivity index (χ0v) is 13.2. The summed E-state index contributed by atoms with van der Waals surface area (Å²) in [7, 11) is 0. The van der Waals surface area contributed by atoms with E-state index in [0.717, 1.165) is 55.1 Å². The van der Waals surface area contributed by atoms with E-state index in [1.165, 1.54) is 25.7 Å². The van der Waals surface area contributed by atoms with Crippen LogP contribution in [-0.4, -0.2) is 28.5 Å². The summed E-state index contributed by atoms with van der Waals surface area (Å²) in [5.74, 6) is 2.66. The van der Waals surface area contributed by atoms with Crippen LogP contribution >= 0.6 is 11.8 Å². The monoisotopic (exact) mass is 295 g/mol. The number of rotatable bonds is 6. The second-order valence-corrected chi connectivity index (χ2v) is 7.48. The number of thioether (sulfide) groups is 1. The Balaban J connectivity index is 1.62. The average molecular weight is 295 g/mol. The molecule has 2 fully saturated rings. The first-order valence-electron chi connectivity index (χ1n) is 7.98. The summed E-state index contributed by atoms with van der Waals surface area (Å²) in [6.07, 6.45) is 8.92. The van der Waals surface area contributed by atoms with Crippen molar-refractivity contribution in [3.8, 4) is 0 Å². The largest absolute Gasteiger partial charge is 0.339 e. The van der Waals surface area contributed by atoms with Gasteiger partial charge in [0.15, 0.2) is 5.82 Å². The number of nitrogens with zero attached hydrogens (tertiary/aromatic N) is 2. The zero-order chi connectivity index (χ0) is 13.8. The van der Waals surface area contributed by atoms with E-state index in [9.17, 15) is 0 Å². The average Bonchev–Trinajstić information content (AvgIpc) is 3.19. The van der Waals surface area contributed by atoms with E-state index in [0.29, 0.717) is 0 Å². The molecule has 1 aromatic rings. The molecule has 5 heteroatoms. The van der Waals surface area contributed by atoms with Gasteiger partial charge in [0, 0.05) is 11.8 Å². The fourth-order valence-corrected chi connectivity index (χ4v) is 4.67. The lowest BCUT2D eigenvalue weighted by molar-refractivity contribution is 0.276. The van der Waals surface area contributed by atoms with Crippen LogP contribution < -0.4 is 5.32 Å². The van der Waals surface area contributed by atoms with E-state index in [1.807, 2.05) is 11.8 Å². The summed E-state index contributed by atoms with van der Waals surface area (Å²) in [6, 6.07) is 0. The van der Waals surface area contributed by atoms with Gasteiger partial charge in [0.05, 0.1) is 11.2 Å². The van der Waals surface area contributed by atoms with Gasteiger partial charge in [0.25, 0.3) is 0 Å². The summed E-state index contributed by atoms with van der Waals surface area (Å²) >= 11 is 2.00. The van der Waals surface area contributed by atoms with Crippen LogP contribution in [0.15, 0.2) is 4.52 Å². The lowest BCUT2D eigenvalue weighted by Gasteiger charge is -2.22. The number of hydrogen-bond donors (Lipinski definition) is 1. The van der Waals surface area contributed by atoms with Gasteiger partial charge in [-0.2, -0.15) is 16.7 Å². The van der Waals surface area contributed by atoms with Gasteiger partial charge in [0.2, 0.25) is 5.89 Å². The molecule has 1 aliphatic carbocycles. The van der Waals surface area contributed by atoms with E-state index < -0.39 is 0 Å². The molecule has 4 nitrogen and oxygen atoms in total. The quantitative estimate of drug-likeness (QED) is 0.873. The van der Waals surface area contributed by atoms with Gasteiger partial charge < -0.3 is 9.84 Å². The first kappa shape index (κ1) is 14.4. The van der Waals surface area contributed by atoms with Crippen LogP contribution in [0, 0.1) is 0 Å². The van der Waals surface area contributed by atoms with Crippen molar-refractivity contribution in [2.75, 3.05) is 13.1 Å². The molecular weight excluding hydrogens is 270 g/mol. The molecule has 1 aromatic heterocycles. The molecule has 2 aliphatic rings.